The Morgan fingerprint density at radius 2 is 1.47 bits per heavy atom. The molecule has 0 aromatic carbocycles. The van der Waals surface area contributed by atoms with E-state index in [9.17, 15) is 39.3 Å². The number of halogens is 6. The maximum Gasteiger partial charge on any atom is 1.00 e. The zero-order chi connectivity index (χ0) is 14.6. The molecule has 19 heavy (non-hydrogen) atoms. The first kappa shape index (κ1) is 21.8. The first-order valence-corrected chi connectivity index (χ1v) is 6.33. The van der Waals surface area contributed by atoms with Gasteiger partial charge in [-0.15, -0.1) is 0 Å². The maximum absolute atomic E-state index is 12.8. The predicted octanol–water partition coefficient (Wildman–Crippen LogP) is -0.0207. The number of hydrogen-bond donors (Lipinski definition) is 0. The van der Waals surface area contributed by atoms with E-state index in [0.717, 1.165) is 0 Å². The maximum atomic E-state index is 12.8. The Balaban J connectivity index is 0. The SMILES string of the molecule is O=S(=O)([O-])C(F)(F)C(F)CCCCCC(F)(F)F.[Na+]. The Kier molecular flexibility index (Phi) is 9.24. The average Bonchev–Trinajstić information content (AvgIpc) is 2.13. The third-order valence-electron chi connectivity index (χ3n) is 2.12. The minimum Gasteiger partial charge on any atom is -0.743 e. The molecule has 1 unspecified atom stereocenters. The van der Waals surface area contributed by atoms with Crippen LogP contribution in [0.5, 0.6) is 0 Å². The second-order valence-electron chi connectivity index (χ2n) is 3.70. The molecule has 0 aliphatic carbocycles. The Hall–Kier alpha value is 0.490. The molecule has 11 heteroatoms. The largest absolute Gasteiger partial charge is 1.00 e. The molecule has 0 saturated carbocycles. The normalized spacial score (nSPS) is 14.9. The molecule has 0 N–H and O–H groups in total. The molecule has 0 rings (SSSR count). The minimum absolute atomic E-state index is 0. The van der Waals surface area contributed by atoms with E-state index in [2.05, 4.69) is 0 Å². The molecule has 0 aromatic heterocycles. The molecule has 0 aliphatic heterocycles. The van der Waals surface area contributed by atoms with Gasteiger partial charge >= 0.3 is 41.0 Å². The van der Waals surface area contributed by atoms with Gasteiger partial charge in [-0.05, 0) is 12.8 Å². The third-order valence-corrected chi connectivity index (χ3v) is 3.04. The van der Waals surface area contributed by atoms with Crippen molar-refractivity contribution >= 4 is 10.1 Å². The molecule has 1 atom stereocenters. The smallest absolute Gasteiger partial charge is 0.743 e. The fraction of sp³-hybridized carbons (Fsp3) is 1.00. The Bertz CT molecular complexity index is 356. The van der Waals surface area contributed by atoms with Crippen LogP contribution in [0, 0.1) is 0 Å². The number of alkyl halides is 6. The molecule has 0 radical (unpaired) electrons. The van der Waals surface area contributed by atoms with E-state index in [1.165, 1.54) is 0 Å². The van der Waals surface area contributed by atoms with Crippen LogP contribution < -0.4 is 29.6 Å². The van der Waals surface area contributed by atoms with Crippen molar-refractivity contribution in [1.29, 1.82) is 0 Å². The standard InChI is InChI=1S/C8H12F6O3S.Na/c9-6(8(13,14)18(15,16)17)4-2-1-3-5-7(10,11)12;/h6H,1-5H2,(H,15,16,17);/q;+1/p-1. The van der Waals surface area contributed by atoms with Crippen LogP contribution in [0.1, 0.15) is 32.1 Å². The zero-order valence-electron chi connectivity index (χ0n) is 10.0. The molecule has 3 nitrogen and oxygen atoms in total. The monoisotopic (exact) mass is 324 g/mol. The van der Waals surface area contributed by atoms with Gasteiger partial charge in [0.25, 0.3) is 0 Å². The quantitative estimate of drug-likeness (QED) is 0.286. The van der Waals surface area contributed by atoms with Crippen LogP contribution in [-0.4, -0.2) is 30.6 Å². The van der Waals surface area contributed by atoms with Crippen LogP contribution in [-0.2, 0) is 10.1 Å². The van der Waals surface area contributed by atoms with E-state index in [4.69, 9.17) is 0 Å². The van der Waals surface area contributed by atoms with Gasteiger partial charge in [-0.25, -0.2) is 12.8 Å². The molecule has 0 amide bonds. The van der Waals surface area contributed by atoms with E-state index < -0.39 is 40.6 Å². The summed E-state index contributed by atoms with van der Waals surface area (Å²) in [6.45, 7) is 0. The van der Waals surface area contributed by atoms with Gasteiger partial charge in [0.15, 0.2) is 16.3 Å². The second kappa shape index (κ2) is 8.06. The van der Waals surface area contributed by atoms with Crippen molar-refractivity contribution in [3.8, 4) is 0 Å². The van der Waals surface area contributed by atoms with Crippen molar-refractivity contribution in [3.63, 3.8) is 0 Å². The van der Waals surface area contributed by atoms with Crippen LogP contribution in [0.4, 0.5) is 26.3 Å². The zero-order valence-corrected chi connectivity index (χ0v) is 12.8. The van der Waals surface area contributed by atoms with Gasteiger partial charge in [0, 0.05) is 6.42 Å². The van der Waals surface area contributed by atoms with Gasteiger partial charge in [0.1, 0.15) is 0 Å². The fourth-order valence-corrected chi connectivity index (χ4v) is 1.58. The van der Waals surface area contributed by atoms with Crippen LogP contribution >= 0.6 is 0 Å². The van der Waals surface area contributed by atoms with E-state index in [-0.39, 0.29) is 48.8 Å². The summed E-state index contributed by atoms with van der Waals surface area (Å²) in [5.41, 5.74) is 0. The average molecular weight is 324 g/mol. The molecule has 0 fully saturated rings. The Labute approximate surface area is 128 Å². The van der Waals surface area contributed by atoms with Crippen molar-refractivity contribution in [2.45, 2.75) is 49.7 Å². The molecule has 0 bridgehead atoms. The molecule has 0 heterocycles. The van der Waals surface area contributed by atoms with Gasteiger partial charge in [0.2, 0.25) is 0 Å². The summed E-state index contributed by atoms with van der Waals surface area (Å²) in [6.07, 6.45) is -10.6. The Morgan fingerprint density at radius 1 is 1.00 bits per heavy atom. The molecule has 0 aromatic rings. The second-order valence-corrected chi connectivity index (χ2v) is 5.15. The van der Waals surface area contributed by atoms with E-state index in [1.54, 1.807) is 0 Å². The Morgan fingerprint density at radius 3 is 1.84 bits per heavy atom. The molecule has 110 valence electrons. The van der Waals surface area contributed by atoms with Crippen molar-refractivity contribution in [2.24, 2.45) is 0 Å². The summed E-state index contributed by atoms with van der Waals surface area (Å²) in [7, 11) is -6.11. The van der Waals surface area contributed by atoms with E-state index >= 15 is 0 Å². The molecule has 0 saturated heterocycles. The van der Waals surface area contributed by atoms with Crippen molar-refractivity contribution in [3.05, 3.63) is 0 Å². The van der Waals surface area contributed by atoms with Crippen molar-refractivity contribution in [1.82, 2.24) is 0 Å². The van der Waals surface area contributed by atoms with E-state index in [1.807, 2.05) is 0 Å². The predicted molar refractivity (Wildman–Crippen MR) is 48.7 cm³/mol. The molecular formula is C8H11F6NaO3S. The topological polar surface area (TPSA) is 57.2 Å². The van der Waals surface area contributed by atoms with Gasteiger partial charge in [-0.1, -0.05) is 12.8 Å². The van der Waals surface area contributed by atoms with Crippen LogP contribution in [0.3, 0.4) is 0 Å². The molecule has 0 aliphatic rings. The van der Waals surface area contributed by atoms with Crippen LogP contribution in [0.25, 0.3) is 0 Å². The summed E-state index contributed by atoms with van der Waals surface area (Å²) >= 11 is 0. The summed E-state index contributed by atoms with van der Waals surface area (Å²) < 4.78 is 103. The third kappa shape index (κ3) is 8.38. The summed E-state index contributed by atoms with van der Waals surface area (Å²) in [5, 5.41) is -5.04. The number of hydrogen-bond acceptors (Lipinski definition) is 3. The van der Waals surface area contributed by atoms with Gasteiger partial charge in [0.05, 0.1) is 0 Å². The van der Waals surface area contributed by atoms with Crippen LogP contribution in [0.15, 0.2) is 0 Å². The molecular weight excluding hydrogens is 313 g/mol. The van der Waals surface area contributed by atoms with E-state index in [0.29, 0.717) is 0 Å². The van der Waals surface area contributed by atoms with Crippen molar-refractivity contribution < 1.29 is 68.9 Å². The number of rotatable bonds is 7. The first-order valence-electron chi connectivity index (χ1n) is 4.92. The minimum atomic E-state index is -6.11. The van der Waals surface area contributed by atoms with Crippen LogP contribution in [0.2, 0.25) is 0 Å². The first-order chi connectivity index (χ1) is 7.88. The van der Waals surface area contributed by atoms with Gasteiger partial charge in [-0.3, -0.25) is 0 Å². The number of unbranched alkanes of at least 4 members (excludes halogenated alkanes) is 2. The van der Waals surface area contributed by atoms with Gasteiger partial charge in [-0.2, -0.15) is 22.0 Å². The molecule has 0 spiro atoms. The summed E-state index contributed by atoms with van der Waals surface area (Å²) in [4.78, 5) is 0. The summed E-state index contributed by atoms with van der Waals surface area (Å²) in [6, 6.07) is 0. The van der Waals surface area contributed by atoms with Crippen molar-refractivity contribution in [2.75, 3.05) is 0 Å². The summed E-state index contributed by atoms with van der Waals surface area (Å²) in [5.74, 6) is 0. The fourth-order valence-electron chi connectivity index (χ4n) is 1.15. The van der Waals surface area contributed by atoms with Gasteiger partial charge < -0.3 is 4.55 Å².